The van der Waals surface area contributed by atoms with Gasteiger partial charge >= 0.3 is 0 Å². The smallest absolute Gasteiger partial charge is 0.0819 e. The van der Waals surface area contributed by atoms with E-state index in [2.05, 4.69) is 18.7 Å². The summed E-state index contributed by atoms with van der Waals surface area (Å²) in [4.78, 5) is 0. The normalized spacial score (nSPS) is 12.2. The summed E-state index contributed by atoms with van der Waals surface area (Å²) in [6.07, 6.45) is 7.07. The average molecular weight is 160 g/mol. The molecule has 0 heterocycles. The van der Waals surface area contributed by atoms with E-state index < -0.39 is 9.52 Å². The number of rotatable bonds is 6. The Morgan fingerprint density at radius 3 is 2.80 bits per heavy atom. The fourth-order valence-electron chi connectivity index (χ4n) is 0.811. The Labute approximate surface area is 65.3 Å². The Morgan fingerprint density at radius 2 is 2.20 bits per heavy atom. The summed E-state index contributed by atoms with van der Waals surface area (Å²) in [5, 5.41) is 0. The maximum Gasteiger partial charge on any atom is 0.0819 e. The van der Waals surface area contributed by atoms with Crippen molar-refractivity contribution in [3.8, 4) is 0 Å². The van der Waals surface area contributed by atoms with E-state index in [1.54, 1.807) is 0 Å². The highest BCUT2D eigenvalue weighted by atomic mass is 28.2. The van der Waals surface area contributed by atoms with Crippen molar-refractivity contribution in [2.45, 2.75) is 32.6 Å². The zero-order chi connectivity index (χ0) is 7.66. The molecule has 2 heteroatoms. The lowest BCUT2D eigenvalue weighted by molar-refractivity contribution is 0.595. The van der Waals surface area contributed by atoms with Crippen molar-refractivity contribution in [3.05, 3.63) is 11.8 Å². The Bertz CT molecular complexity index is 81.3. The van der Waals surface area contributed by atoms with E-state index in [4.69, 9.17) is 0 Å². The fourth-order valence-corrected chi connectivity index (χ4v) is 1.41. The molecule has 0 saturated carbocycles. The molecule has 0 nitrogen and oxygen atoms in total. The molecule has 10 heavy (non-hydrogen) atoms. The minimum Gasteiger partial charge on any atom is -0.255 e. The van der Waals surface area contributed by atoms with E-state index in [0.29, 0.717) is 0 Å². The summed E-state index contributed by atoms with van der Waals surface area (Å²) in [5.41, 5.74) is 2.07. The minimum absolute atomic E-state index is 0.0791. The number of unbranched alkanes of at least 4 members (excludes halogenated alkanes) is 3. The van der Waals surface area contributed by atoms with Crippen LogP contribution in [0.3, 0.4) is 0 Å². The molecule has 0 radical (unpaired) electrons. The van der Waals surface area contributed by atoms with Crippen molar-refractivity contribution in [1.82, 2.24) is 0 Å². The predicted octanol–water partition coefficient (Wildman–Crippen LogP) is 2.18. The molecule has 0 saturated heterocycles. The van der Waals surface area contributed by atoms with Gasteiger partial charge in [-0.1, -0.05) is 25.8 Å². The molecule has 0 N–H and O–H groups in total. The van der Waals surface area contributed by atoms with Crippen LogP contribution in [0.1, 0.15) is 32.6 Å². The molecule has 0 fully saturated rings. The Morgan fingerprint density at radius 1 is 1.40 bits per heavy atom. The molecule has 0 aromatic rings. The van der Waals surface area contributed by atoms with E-state index in [-0.39, 0.29) is 6.30 Å². The standard InChI is InChI=1S/C8H17FSi/c1-2-3-4-5-6-7-10-8-9/h6-7H,2-5,8,10H2,1H3. The van der Waals surface area contributed by atoms with Crippen LogP contribution in [0.25, 0.3) is 0 Å². The number of hydrogen-bond acceptors (Lipinski definition) is 0. The first kappa shape index (κ1) is 9.89. The van der Waals surface area contributed by atoms with Gasteiger partial charge < -0.3 is 0 Å². The van der Waals surface area contributed by atoms with Crippen molar-refractivity contribution >= 4 is 9.52 Å². The van der Waals surface area contributed by atoms with Gasteiger partial charge in [0.15, 0.2) is 0 Å². The second-order valence-electron chi connectivity index (χ2n) is 2.44. The van der Waals surface area contributed by atoms with Crippen LogP contribution in [-0.4, -0.2) is 15.8 Å². The summed E-state index contributed by atoms with van der Waals surface area (Å²) in [7, 11) is -0.460. The van der Waals surface area contributed by atoms with Gasteiger partial charge in [-0.15, -0.1) is 5.70 Å². The molecule has 0 aliphatic rings. The topological polar surface area (TPSA) is 0 Å². The molecule has 0 aliphatic carbocycles. The lowest BCUT2D eigenvalue weighted by Gasteiger charge is -1.90. The SMILES string of the molecule is CCCCCC=C[SiH2]CF. The molecule has 0 unspecified atom stereocenters. The third kappa shape index (κ3) is 7.89. The molecule has 0 aromatic heterocycles. The lowest BCUT2D eigenvalue weighted by atomic mass is 10.2. The van der Waals surface area contributed by atoms with Crippen LogP contribution in [0.5, 0.6) is 0 Å². The van der Waals surface area contributed by atoms with Crippen LogP contribution < -0.4 is 0 Å². The predicted molar refractivity (Wildman–Crippen MR) is 47.8 cm³/mol. The van der Waals surface area contributed by atoms with Crippen LogP contribution in [0.4, 0.5) is 4.39 Å². The molecule has 0 atom stereocenters. The van der Waals surface area contributed by atoms with Gasteiger partial charge in [-0.05, 0) is 12.8 Å². The zero-order valence-corrected chi connectivity index (χ0v) is 8.19. The highest BCUT2D eigenvalue weighted by molar-refractivity contribution is 6.41. The van der Waals surface area contributed by atoms with Gasteiger partial charge in [0.05, 0.1) is 15.8 Å². The number of halogens is 1. The first-order chi connectivity index (χ1) is 4.91. The van der Waals surface area contributed by atoms with Gasteiger partial charge in [-0.25, -0.2) is 0 Å². The molecular weight excluding hydrogens is 143 g/mol. The summed E-state index contributed by atoms with van der Waals surface area (Å²) < 4.78 is 11.6. The summed E-state index contributed by atoms with van der Waals surface area (Å²) in [5.74, 6) is 0. The molecule has 0 aliphatic heterocycles. The molecular formula is C8H17FSi. The van der Waals surface area contributed by atoms with Gasteiger partial charge in [-0.2, -0.15) is 0 Å². The molecule has 0 spiro atoms. The van der Waals surface area contributed by atoms with E-state index in [0.717, 1.165) is 6.42 Å². The van der Waals surface area contributed by atoms with E-state index in [1.807, 2.05) is 0 Å². The van der Waals surface area contributed by atoms with Gasteiger partial charge in [0.2, 0.25) is 0 Å². The lowest BCUT2D eigenvalue weighted by Crippen LogP contribution is -1.85. The average Bonchev–Trinajstić information content (AvgIpc) is 1.97. The quantitative estimate of drug-likeness (QED) is 0.413. The largest absolute Gasteiger partial charge is 0.255 e. The highest BCUT2D eigenvalue weighted by Crippen LogP contribution is 1.98. The van der Waals surface area contributed by atoms with Gasteiger partial charge in [0.1, 0.15) is 0 Å². The van der Waals surface area contributed by atoms with Crippen LogP contribution in [0.15, 0.2) is 11.8 Å². The first-order valence-corrected chi connectivity index (χ1v) is 5.94. The van der Waals surface area contributed by atoms with Gasteiger partial charge in [0, 0.05) is 0 Å². The minimum atomic E-state index is -0.460. The van der Waals surface area contributed by atoms with Crippen molar-refractivity contribution in [2.75, 3.05) is 6.30 Å². The van der Waals surface area contributed by atoms with Crippen LogP contribution in [0, 0.1) is 0 Å². The van der Waals surface area contributed by atoms with Gasteiger partial charge in [-0.3, -0.25) is 4.39 Å². The van der Waals surface area contributed by atoms with Crippen molar-refractivity contribution in [1.29, 1.82) is 0 Å². The first-order valence-electron chi connectivity index (χ1n) is 4.12. The molecule has 0 rings (SSSR count). The fraction of sp³-hybridized carbons (Fsp3) is 0.750. The number of allylic oxidation sites excluding steroid dienone is 1. The number of hydrogen-bond donors (Lipinski definition) is 0. The summed E-state index contributed by atoms with van der Waals surface area (Å²) in [6, 6.07) is 0. The van der Waals surface area contributed by atoms with Gasteiger partial charge in [0.25, 0.3) is 0 Å². The molecule has 0 bridgehead atoms. The Hall–Kier alpha value is -0.113. The van der Waals surface area contributed by atoms with E-state index in [1.165, 1.54) is 19.3 Å². The van der Waals surface area contributed by atoms with Crippen molar-refractivity contribution in [2.24, 2.45) is 0 Å². The second kappa shape index (κ2) is 8.89. The third-order valence-electron chi connectivity index (χ3n) is 1.42. The molecule has 60 valence electrons. The maximum absolute atomic E-state index is 11.6. The molecule has 0 aromatic carbocycles. The number of alkyl halides is 1. The highest BCUT2D eigenvalue weighted by Gasteiger charge is 1.81. The monoisotopic (exact) mass is 160 g/mol. The van der Waals surface area contributed by atoms with E-state index >= 15 is 0 Å². The maximum atomic E-state index is 11.6. The zero-order valence-electron chi connectivity index (χ0n) is 6.78. The van der Waals surface area contributed by atoms with E-state index in [9.17, 15) is 4.39 Å². The second-order valence-corrected chi connectivity index (χ2v) is 3.87. The Kier molecular flexibility index (Phi) is 8.79. The van der Waals surface area contributed by atoms with Crippen molar-refractivity contribution < 1.29 is 4.39 Å². The summed E-state index contributed by atoms with van der Waals surface area (Å²) >= 11 is 0. The Balaban J connectivity index is 2.88. The summed E-state index contributed by atoms with van der Waals surface area (Å²) in [6.45, 7) is 2.19. The molecule has 0 amide bonds. The van der Waals surface area contributed by atoms with Crippen LogP contribution in [-0.2, 0) is 0 Å². The van der Waals surface area contributed by atoms with Crippen LogP contribution >= 0.6 is 0 Å². The van der Waals surface area contributed by atoms with Crippen LogP contribution in [0.2, 0.25) is 0 Å². The van der Waals surface area contributed by atoms with Crippen molar-refractivity contribution in [3.63, 3.8) is 0 Å². The third-order valence-corrected chi connectivity index (χ3v) is 2.30.